The zero-order valence-corrected chi connectivity index (χ0v) is 19.3. The van der Waals surface area contributed by atoms with Gasteiger partial charge in [-0.25, -0.2) is 13.2 Å². The molecule has 0 aliphatic rings. The van der Waals surface area contributed by atoms with Crippen molar-refractivity contribution in [2.45, 2.75) is 4.90 Å². The Bertz CT molecular complexity index is 1410. The molecule has 3 amide bonds. The first-order valence-corrected chi connectivity index (χ1v) is 12.1. The van der Waals surface area contributed by atoms with Crippen molar-refractivity contribution in [3.8, 4) is 0 Å². The number of para-hydroxylation sites is 2. The molecule has 0 aliphatic heterocycles. The summed E-state index contributed by atoms with van der Waals surface area (Å²) in [4.78, 5) is 24.7. The Kier molecular flexibility index (Phi) is 7.08. The first kappa shape index (κ1) is 23.5. The van der Waals surface area contributed by atoms with E-state index in [1.54, 1.807) is 66.7 Å². The lowest BCUT2D eigenvalue weighted by atomic mass is 10.2. The Hall–Kier alpha value is -4.63. The molecule has 0 saturated carbocycles. The van der Waals surface area contributed by atoms with Gasteiger partial charge < -0.3 is 16.0 Å². The molecule has 176 valence electrons. The van der Waals surface area contributed by atoms with Crippen LogP contribution in [-0.4, -0.2) is 20.4 Å². The van der Waals surface area contributed by atoms with Crippen LogP contribution in [-0.2, 0) is 10.0 Å². The van der Waals surface area contributed by atoms with E-state index in [4.69, 9.17) is 0 Å². The molecule has 0 heterocycles. The van der Waals surface area contributed by atoms with Crippen LogP contribution in [0.25, 0.3) is 0 Å². The van der Waals surface area contributed by atoms with Crippen molar-refractivity contribution in [1.82, 2.24) is 0 Å². The summed E-state index contributed by atoms with van der Waals surface area (Å²) in [5.74, 6) is -0.396. The highest BCUT2D eigenvalue weighted by Crippen LogP contribution is 2.18. The van der Waals surface area contributed by atoms with Crippen molar-refractivity contribution < 1.29 is 18.0 Å². The predicted molar refractivity (Wildman–Crippen MR) is 137 cm³/mol. The molecule has 0 radical (unpaired) electrons. The van der Waals surface area contributed by atoms with Gasteiger partial charge in [0.15, 0.2) is 0 Å². The summed E-state index contributed by atoms with van der Waals surface area (Å²) in [6, 6.07) is 29.5. The lowest BCUT2D eigenvalue weighted by molar-refractivity contribution is 0.102. The largest absolute Gasteiger partial charge is 0.323 e. The monoisotopic (exact) mass is 486 g/mol. The van der Waals surface area contributed by atoms with Crippen molar-refractivity contribution >= 4 is 44.7 Å². The fraction of sp³-hybridized carbons (Fsp3) is 0. The third kappa shape index (κ3) is 6.46. The van der Waals surface area contributed by atoms with Crippen LogP contribution < -0.4 is 20.7 Å². The van der Waals surface area contributed by atoms with Gasteiger partial charge in [-0.15, -0.1) is 0 Å². The third-order valence-corrected chi connectivity index (χ3v) is 6.28. The maximum atomic E-state index is 12.6. The summed E-state index contributed by atoms with van der Waals surface area (Å²) in [6.07, 6.45) is 0. The highest BCUT2D eigenvalue weighted by molar-refractivity contribution is 7.92. The van der Waals surface area contributed by atoms with E-state index < -0.39 is 15.9 Å². The molecule has 0 aliphatic carbocycles. The lowest BCUT2D eigenvalue weighted by Gasteiger charge is -2.10. The Morgan fingerprint density at radius 2 is 0.971 bits per heavy atom. The molecule has 0 bridgehead atoms. The molecule has 9 heteroatoms. The standard InChI is InChI=1S/C26H22N4O4S/c31-25(19-11-17-24(18-12-19)35(33,34)30-23-9-5-2-6-10-23)27-21-13-15-22(16-14-21)29-26(32)28-20-7-3-1-4-8-20/h1-18,30H,(H,27,31)(H2,28,29,32). The summed E-state index contributed by atoms with van der Waals surface area (Å²) in [5.41, 5.74) is 2.49. The molecule has 0 fully saturated rings. The predicted octanol–water partition coefficient (Wildman–Crippen LogP) is 5.38. The van der Waals surface area contributed by atoms with Crippen LogP contribution in [0.1, 0.15) is 10.4 Å². The van der Waals surface area contributed by atoms with Gasteiger partial charge in [-0.3, -0.25) is 9.52 Å². The SMILES string of the molecule is O=C(Nc1ccccc1)Nc1ccc(NC(=O)c2ccc(S(=O)(=O)Nc3ccccc3)cc2)cc1. The molecule has 0 saturated heterocycles. The average Bonchev–Trinajstić information content (AvgIpc) is 2.86. The van der Waals surface area contributed by atoms with Crippen LogP contribution >= 0.6 is 0 Å². The van der Waals surface area contributed by atoms with E-state index in [1.807, 2.05) is 18.2 Å². The van der Waals surface area contributed by atoms with Gasteiger partial charge in [-0.1, -0.05) is 36.4 Å². The quantitative estimate of drug-likeness (QED) is 0.280. The molecule has 4 aromatic carbocycles. The van der Waals surface area contributed by atoms with E-state index >= 15 is 0 Å². The molecule has 35 heavy (non-hydrogen) atoms. The molecule has 8 nitrogen and oxygen atoms in total. The molecule has 4 aromatic rings. The number of urea groups is 1. The number of carbonyl (C=O) groups is 2. The number of hydrogen-bond acceptors (Lipinski definition) is 4. The summed E-state index contributed by atoms with van der Waals surface area (Å²) in [6.45, 7) is 0. The molecule has 0 spiro atoms. The van der Waals surface area contributed by atoms with Crippen LogP contribution in [0.4, 0.5) is 27.5 Å². The number of amides is 3. The second-order valence-electron chi connectivity index (χ2n) is 7.47. The Morgan fingerprint density at radius 1 is 0.514 bits per heavy atom. The van der Waals surface area contributed by atoms with Crippen molar-refractivity contribution in [1.29, 1.82) is 0 Å². The summed E-state index contributed by atoms with van der Waals surface area (Å²) >= 11 is 0. The van der Waals surface area contributed by atoms with Crippen LogP contribution in [0.5, 0.6) is 0 Å². The average molecular weight is 487 g/mol. The molecular weight excluding hydrogens is 464 g/mol. The Balaban J connectivity index is 1.34. The second kappa shape index (κ2) is 10.5. The summed E-state index contributed by atoms with van der Waals surface area (Å²) in [5, 5.41) is 8.18. The summed E-state index contributed by atoms with van der Waals surface area (Å²) in [7, 11) is -3.77. The molecule has 0 aromatic heterocycles. The van der Waals surface area contributed by atoms with E-state index in [2.05, 4.69) is 20.7 Å². The van der Waals surface area contributed by atoms with Crippen molar-refractivity contribution in [3.63, 3.8) is 0 Å². The van der Waals surface area contributed by atoms with Gasteiger partial charge in [0.1, 0.15) is 0 Å². The number of sulfonamides is 1. The minimum absolute atomic E-state index is 0.0436. The maximum Gasteiger partial charge on any atom is 0.323 e. The smallest absolute Gasteiger partial charge is 0.322 e. The van der Waals surface area contributed by atoms with Crippen LogP contribution in [0.15, 0.2) is 114 Å². The number of rotatable bonds is 7. The fourth-order valence-electron chi connectivity index (χ4n) is 3.16. The molecular formula is C26H22N4O4S. The number of carbonyl (C=O) groups excluding carboxylic acids is 2. The lowest BCUT2D eigenvalue weighted by Crippen LogP contribution is -2.19. The first-order chi connectivity index (χ1) is 16.9. The topological polar surface area (TPSA) is 116 Å². The van der Waals surface area contributed by atoms with E-state index in [0.717, 1.165) is 0 Å². The van der Waals surface area contributed by atoms with Crippen molar-refractivity contribution in [2.24, 2.45) is 0 Å². The zero-order valence-electron chi connectivity index (χ0n) is 18.4. The van der Waals surface area contributed by atoms with E-state index in [0.29, 0.717) is 28.3 Å². The van der Waals surface area contributed by atoms with Gasteiger partial charge in [-0.2, -0.15) is 0 Å². The normalized spacial score (nSPS) is 10.7. The van der Waals surface area contributed by atoms with Gasteiger partial charge in [0.05, 0.1) is 4.90 Å². The Morgan fingerprint density at radius 3 is 1.51 bits per heavy atom. The van der Waals surface area contributed by atoms with Crippen LogP contribution in [0.3, 0.4) is 0 Å². The number of nitrogens with one attached hydrogen (secondary N) is 4. The first-order valence-electron chi connectivity index (χ1n) is 10.6. The third-order valence-electron chi connectivity index (χ3n) is 4.89. The highest BCUT2D eigenvalue weighted by Gasteiger charge is 2.15. The van der Waals surface area contributed by atoms with Gasteiger partial charge in [0.25, 0.3) is 15.9 Å². The van der Waals surface area contributed by atoms with Gasteiger partial charge in [-0.05, 0) is 72.8 Å². The van der Waals surface area contributed by atoms with Crippen LogP contribution in [0.2, 0.25) is 0 Å². The summed E-state index contributed by atoms with van der Waals surface area (Å²) < 4.78 is 27.6. The van der Waals surface area contributed by atoms with Gasteiger partial charge in [0.2, 0.25) is 0 Å². The van der Waals surface area contributed by atoms with Crippen molar-refractivity contribution in [3.05, 3.63) is 115 Å². The number of anilines is 4. The maximum absolute atomic E-state index is 12.6. The van der Waals surface area contributed by atoms with E-state index in [1.165, 1.54) is 24.3 Å². The highest BCUT2D eigenvalue weighted by atomic mass is 32.2. The molecule has 0 unspecified atom stereocenters. The minimum atomic E-state index is -3.77. The second-order valence-corrected chi connectivity index (χ2v) is 9.15. The molecule has 4 rings (SSSR count). The van der Waals surface area contributed by atoms with Gasteiger partial charge >= 0.3 is 6.03 Å². The molecule has 4 N–H and O–H groups in total. The Labute approximate surface area is 203 Å². The number of benzene rings is 4. The van der Waals surface area contributed by atoms with Crippen LogP contribution in [0, 0.1) is 0 Å². The van der Waals surface area contributed by atoms with Gasteiger partial charge in [0, 0.05) is 28.3 Å². The van der Waals surface area contributed by atoms with E-state index in [-0.39, 0.29) is 10.9 Å². The molecule has 0 atom stereocenters. The fourth-order valence-corrected chi connectivity index (χ4v) is 4.22. The number of hydrogen-bond donors (Lipinski definition) is 4. The minimum Gasteiger partial charge on any atom is -0.322 e. The zero-order chi connectivity index (χ0) is 24.7. The van der Waals surface area contributed by atoms with E-state index in [9.17, 15) is 18.0 Å². The van der Waals surface area contributed by atoms with Crippen molar-refractivity contribution in [2.75, 3.05) is 20.7 Å².